The first kappa shape index (κ1) is 13.8. The summed E-state index contributed by atoms with van der Waals surface area (Å²) in [5.41, 5.74) is 0.320. The number of ketones is 1. The molecule has 5 heteroatoms. The number of phenols is 1. The number of carbonyl (C=O) groups excluding carboxylic acids is 1. The largest absolute Gasteiger partial charge is 0.507 e. The Labute approximate surface area is 112 Å². The minimum absolute atomic E-state index is 0.0311. The van der Waals surface area contributed by atoms with Gasteiger partial charge in [0.05, 0.1) is 18.8 Å². The van der Waals surface area contributed by atoms with Crippen LogP contribution in [0.15, 0.2) is 18.2 Å². The zero-order valence-electron chi connectivity index (χ0n) is 11.1. The molecule has 19 heavy (non-hydrogen) atoms. The van der Waals surface area contributed by atoms with Crippen LogP contribution >= 0.6 is 0 Å². The minimum atomic E-state index is -0.155. The molecule has 0 atom stereocenters. The molecule has 0 bridgehead atoms. The van der Waals surface area contributed by atoms with Crippen molar-refractivity contribution in [1.82, 2.24) is 4.90 Å². The Kier molecular flexibility index (Phi) is 4.76. The van der Waals surface area contributed by atoms with Crippen molar-refractivity contribution in [1.29, 1.82) is 0 Å². The van der Waals surface area contributed by atoms with Gasteiger partial charge >= 0.3 is 0 Å². The molecule has 1 aromatic carbocycles. The van der Waals surface area contributed by atoms with E-state index in [4.69, 9.17) is 9.47 Å². The van der Waals surface area contributed by atoms with E-state index in [0.29, 0.717) is 17.9 Å². The van der Waals surface area contributed by atoms with E-state index in [-0.39, 0.29) is 11.5 Å². The summed E-state index contributed by atoms with van der Waals surface area (Å²) in [7, 11) is 0. The molecule has 1 aliphatic rings. The van der Waals surface area contributed by atoms with E-state index in [0.717, 1.165) is 32.8 Å². The molecule has 1 N–H and O–H groups in total. The van der Waals surface area contributed by atoms with Crippen LogP contribution in [0.25, 0.3) is 0 Å². The summed E-state index contributed by atoms with van der Waals surface area (Å²) in [6.45, 7) is 6.21. The van der Waals surface area contributed by atoms with Crippen LogP contribution in [0.2, 0.25) is 0 Å². The smallest absolute Gasteiger partial charge is 0.163 e. The molecule has 2 rings (SSSR count). The number of aromatic hydroxyl groups is 1. The maximum atomic E-state index is 11.2. The summed E-state index contributed by atoms with van der Waals surface area (Å²) in [6, 6.07) is 4.77. The standard InChI is InChI=1S/C14H19NO4/c1-11(16)13-3-2-12(10-14(13)17)19-9-6-15-4-7-18-8-5-15/h2-3,10,17H,4-9H2,1H3. The van der Waals surface area contributed by atoms with E-state index in [2.05, 4.69) is 4.90 Å². The zero-order valence-corrected chi connectivity index (χ0v) is 11.1. The number of benzene rings is 1. The van der Waals surface area contributed by atoms with E-state index in [9.17, 15) is 9.90 Å². The van der Waals surface area contributed by atoms with E-state index in [1.165, 1.54) is 13.0 Å². The number of nitrogens with zero attached hydrogens (tertiary/aromatic N) is 1. The van der Waals surface area contributed by atoms with Crippen molar-refractivity contribution in [2.45, 2.75) is 6.92 Å². The average molecular weight is 265 g/mol. The molecule has 1 saturated heterocycles. The highest BCUT2D eigenvalue weighted by molar-refractivity contribution is 5.96. The number of hydrogen-bond donors (Lipinski definition) is 1. The Balaban J connectivity index is 1.82. The molecule has 1 heterocycles. The third kappa shape index (κ3) is 3.94. The van der Waals surface area contributed by atoms with Crippen LogP contribution < -0.4 is 4.74 Å². The number of phenolic OH excluding ortho intramolecular Hbond substituents is 1. The molecule has 0 unspecified atom stereocenters. The molecule has 1 fully saturated rings. The summed E-state index contributed by atoms with van der Waals surface area (Å²) in [5.74, 6) is 0.393. The van der Waals surface area contributed by atoms with Crippen molar-refractivity contribution < 1.29 is 19.4 Å². The summed E-state index contributed by atoms with van der Waals surface area (Å²) < 4.78 is 10.8. The van der Waals surface area contributed by atoms with Gasteiger partial charge in [-0.3, -0.25) is 9.69 Å². The number of ether oxygens (including phenoxy) is 2. The predicted octanol–water partition coefficient (Wildman–Crippen LogP) is 1.31. The van der Waals surface area contributed by atoms with Gasteiger partial charge in [0, 0.05) is 25.7 Å². The Morgan fingerprint density at radius 1 is 1.42 bits per heavy atom. The Bertz CT molecular complexity index is 441. The maximum absolute atomic E-state index is 11.2. The lowest BCUT2D eigenvalue weighted by Gasteiger charge is -2.26. The van der Waals surface area contributed by atoms with Gasteiger partial charge in [-0.15, -0.1) is 0 Å². The average Bonchev–Trinajstić information content (AvgIpc) is 2.39. The second kappa shape index (κ2) is 6.54. The summed E-state index contributed by atoms with van der Waals surface area (Å²) in [4.78, 5) is 13.4. The van der Waals surface area contributed by atoms with Crippen LogP contribution in [-0.2, 0) is 4.74 Å². The minimum Gasteiger partial charge on any atom is -0.507 e. The molecule has 1 aliphatic heterocycles. The van der Waals surface area contributed by atoms with E-state index in [1.807, 2.05) is 0 Å². The molecule has 1 aromatic rings. The fraction of sp³-hybridized carbons (Fsp3) is 0.500. The number of hydrogen-bond acceptors (Lipinski definition) is 5. The first-order valence-electron chi connectivity index (χ1n) is 6.43. The summed E-state index contributed by atoms with van der Waals surface area (Å²) in [5, 5.41) is 9.68. The van der Waals surface area contributed by atoms with Crippen LogP contribution in [0.1, 0.15) is 17.3 Å². The van der Waals surface area contributed by atoms with Crippen molar-refractivity contribution in [3.8, 4) is 11.5 Å². The van der Waals surface area contributed by atoms with Crippen molar-refractivity contribution in [2.24, 2.45) is 0 Å². The highest BCUT2D eigenvalue weighted by atomic mass is 16.5. The van der Waals surface area contributed by atoms with Gasteiger partial charge in [-0.2, -0.15) is 0 Å². The third-order valence-electron chi connectivity index (χ3n) is 3.13. The van der Waals surface area contributed by atoms with Crippen LogP contribution in [0, 0.1) is 0 Å². The van der Waals surface area contributed by atoms with Gasteiger partial charge in [0.25, 0.3) is 0 Å². The number of morpholine rings is 1. The van der Waals surface area contributed by atoms with Crippen LogP contribution in [0.4, 0.5) is 0 Å². The van der Waals surface area contributed by atoms with Gasteiger partial charge in [-0.05, 0) is 19.1 Å². The van der Waals surface area contributed by atoms with Gasteiger partial charge in [-0.1, -0.05) is 0 Å². The van der Waals surface area contributed by atoms with Gasteiger partial charge in [0.15, 0.2) is 5.78 Å². The highest BCUT2D eigenvalue weighted by Crippen LogP contribution is 2.23. The Hall–Kier alpha value is -1.59. The maximum Gasteiger partial charge on any atom is 0.163 e. The second-order valence-electron chi connectivity index (χ2n) is 4.54. The zero-order chi connectivity index (χ0) is 13.7. The van der Waals surface area contributed by atoms with Gasteiger partial charge < -0.3 is 14.6 Å². The third-order valence-corrected chi connectivity index (χ3v) is 3.13. The first-order chi connectivity index (χ1) is 9.16. The predicted molar refractivity (Wildman–Crippen MR) is 70.9 cm³/mol. The fourth-order valence-corrected chi connectivity index (χ4v) is 2.02. The normalized spacial score (nSPS) is 16.3. The molecule has 0 saturated carbocycles. The lowest BCUT2D eigenvalue weighted by Crippen LogP contribution is -2.38. The Morgan fingerprint density at radius 3 is 2.79 bits per heavy atom. The number of rotatable bonds is 5. The molecule has 0 amide bonds. The van der Waals surface area contributed by atoms with Gasteiger partial charge in [0.1, 0.15) is 18.1 Å². The fourth-order valence-electron chi connectivity index (χ4n) is 2.02. The van der Waals surface area contributed by atoms with Gasteiger partial charge in [0.2, 0.25) is 0 Å². The summed E-state index contributed by atoms with van der Waals surface area (Å²) >= 11 is 0. The topological polar surface area (TPSA) is 59.0 Å². The van der Waals surface area contributed by atoms with Crippen LogP contribution in [-0.4, -0.2) is 55.2 Å². The number of carbonyl (C=O) groups is 1. The monoisotopic (exact) mass is 265 g/mol. The molecule has 0 spiro atoms. The van der Waals surface area contributed by atoms with Crippen molar-refractivity contribution in [2.75, 3.05) is 39.5 Å². The SMILES string of the molecule is CC(=O)c1ccc(OCCN2CCOCC2)cc1O. The number of Topliss-reactive ketones (excluding diaryl/α,β-unsaturated/α-hetero) is 1. The quantitative estimate of drug-likeness (QED) is 0.813. The molecular formula is C14H19NO4. The Morgan fingerprint density at radius 2 is 2.16 bits per heavy atom. The van der Waals surface area contributed by atoms with E-state index in [1.54, 1.807) is 12.1 Å². The second-order valence-corrected chi connectivity index (χ2v) is 4.54. The molecule has 5 nitrogen and oxygen atoms in total. The molecule has 0 aromatic heterocycles. The first-order valence-corrected chi connectivity index (χ1v) is 6.43. The molecule has 0 radical (unpaired) electrons. The lowest BCUT2D eigenvalue weighted by molar-refractivity contribution is 0.0322. The van der Waals surface area contributed by atoms with E-state index >= 15 is 0 Å². The lowest BCUT2D eigenvalue weighted by atomic mass is 10.1. The van der Waals surface area contributed by atoms with Crippen molar-refractivity contribution >= 4 is 5.78 Å². The van der Waals surface area contributed by atoms with Crippen molar-refractivity contribution in [3.05, 3.63) is 23.8 Å². The van der Waals surface area contributed by atoms with Crippen LogP contribution in [0.5, 0.6) is 11.5 Å². The van der Waals surface area contributed by atoms with Crippen LogP contribution in [0.3, 0.4) is 0 Å². The molecular weight excluding hydrogens is 246 g/mol. The van der Waals surface area contributed by atoms with Crippen molar-refractivity contribution in [3.63, 3.8) is 0 Å². The van der Waals surface area contributed by atoms with Gasteiger partial charge in [-0.25, -0.2) is 0 Å². The summed E-state index contributed by atoms with van der Waals surface area (Å²) in [6.07, 6.45) is 0. The molecule has 104 valence electrons. The molecule has 0 aliphatic carbocycles. The highest BCUT2D eigenvalue weighted by Gasteiger charge is 2.11. The van der Waals surface area contributed by atoms with E-state index < -0.39 is 0 Å².